The second-order valence-electron chi connectivity index (χ2n) is 4.04. The molecule has 0 bridgehead atoms. The predicted octanol–water partition coefficient (Wildman–Crippen LogP) is 0.104. The Bertz CT molecular complexity index is 516. The summed E-state index contributed by atoms with van der Waals surface area (Å²) in [7, 11) is 1.49. The van der Waals surface area contributed by atoms with Gasteiger partial charge in [0.2, 0.25) is 5.91 Å². The van der Waals surface area contributed by atoms with Gasteiger partial charge < -0.3 is 20.1 Å². The zero-order valence-corrected chi connectivity index (χ0v) is 12.0. The summed E-state index contributed by atoms with van der Waals surface area (Å²) < 4.78 is 9.83. The third kappa shape index (κ3) is 5.94. The molecule has 0 unspecified atom stereocenters. The SMILES string of the molecule is CCNC(=O)CNC(=O)COC(=O)c1cccc(OC)c1. The number of hydrogen-bond donors (Lipinski definition) is 2. The van der Waals surface area contributed by atoms with Crippen LogP contribution in [0.15, 0.2) is 24.3 Å². The van der Waals surface area contributed by atoms with Crippen LogP contribution in [0.3, 0.4) is 0 Å². The largest absolute Gasteiger partial charge is 0.497 e. The van der Waals surface area contributed by atoms with Crippen LogP contribution in [0.5, 0.6) is 5.75 Å². The molecule has 1 rings (SSSR count). The van der Waals surface area contributed by atoms with E-state index >= 15 is 0 Å². The van der Waals surface area contributed by atoms with E-state index in [2.05, 4.69) is 10.6 Å². The fraction of sp³-hybridized carbons (Fsp3) is 0.357. The maximum Gasteiger partial charge on any atom is 0.338 e. The van der Waals surface area contributed by atoms with Crippen LogP contribution in [0.2, 0.25) is 0 Å². The fourth-order valence-electron chi connectivity index (χ4n) is 1.45. The summed E-state index contributed by atoms with van der Waals surface area (Å²) in [6, 6.07) is 6.40. The molecule has 2 N–H and O–H groups in total. The van der Waals surface area contributed by atoms with Crippen LogP contribution in [0.1, 0.15) is 17.3 Å². The lowest BCUT2D eigenvalue weighted by molar-refractivity contribution is -0.127. The Morgan fingerprint density at radius 3 is 2.57 bits per heavy atom. The first-order chi connectivity index (χ1) is 10.1. The first-order valence-corrected chi connectivity index (χ1v) is 6.41. The van der Waals surface area contributed by atoms with Crippen LogP contribution in [0.4, 0.5) is 0 Å². The third-order valence-corrected chi connectivity index (χ3v) is 2.46. The molecule has 0 aromatic heterocycles. The van der Waals surface area contributed by atoms with E-state index in [1.54, 1.807) is 25.1 Å². The summed E-state index contributed by atoms with van der Waals surface area (Å²) in [5.74, 6) is -0.963. The molecule has 0 aliphatic heterocycles. The predicted molar refractivity (Wildman–Crippen MR) is 75.0 cm³/mol. The number of hydrogen-bond acceptors (Lipinski definition) is 5. The third-order valence-electron chi connectivity index (χ3n) is 2.46. The van der Waals surface area contributed by atoms with Crippen molar-refractivity contribution < 1.29 is 23.9 Å². The molecular formula is C14H18N2O5. The topological polar surface area (TPSA) is 93.7 Å². The van der Waals surface area contributed by atoms with Crippen LogP contribution in [0.25, 0.3) is 0 Å². The minimum atomic E-state index is -0.637. The zero-order chi connectivity index (χ0) is 15.7. The minimum Gasteiger partial charge on any atom is -0.497 e. The Hall–Kier alpha value is -2.57. The monoisotopic (exact) mass is 294 g/mol. The van der Waals surface area contributed by atoms with Gasteiger partial charge in [-0.1, -0.05) is 6.07 Å². The number of esters is 1. The number of methoxy groups -OCH3 is 1. The molecule has 0 aliphatic carbocycles. The molecule has 114 valence electrons. The molecule has 0 atom stereocenters. The Kier molecular flexibility index (Phi) is 6.73. The van der Waals surface area contributed by atoms with Gasteiger partial charge in [-0.3, -0.25) is 9.59 Å². The highest BCUT2D eigenvalue weighted by molar-refractivity contribution is 5.92. The van der Waals surface area contributed by atoms with Crippen molar-refractivity contribution in [1.29, 1.82) is 0 Å². The summed E-state index contributed by atoms with van der Waals surface area (Å²) in [6.45, 7) is 1.66. The quantitative estimate of drug-likeness (QED) is 0.696. The van der Waals surface area contributed by atoms with Gasteiger partial charge in [0, 0.05) is 6.54 Å². The maximum atomic E-state index is 11.7. The van der Waals surface area contributed by atoms with Crippen LogP contribution in [-0.2, 0) is 14.3 Å². The second kappa shape index (κ2) is 8.57. The molecule has 0 spiro atoms. The van der Waals surface area contributed by atoms with E-state index in [0.717, 1.165) is 0 Å². The van der Waals surface area contributed by atoms with E-state index in [4.69, 9.17) is 9.47 Å². The van der Waals surface area contributed by atoms with Gasteiger partial charge in [-0.15, -0.1) is 0 Å². The minimum absolute atomic E-state index is 0.149. The van der Waals surface area contributed by atoms with Crippen LogP contribution in [-0.4, -0.2) is 44.6 Å². The van der Waals surface area contributed by atoms with Crippen LogP contribution < -0.4 is 15.4 Å². The Morgan fingerprint density at radius 2 is 1.90 bits per heavy atom. The first kappa shape index (κ1) is 16.5. The summed E-state index contributed by atoms with van der Waals surface area (Å²) in [6.07, 6.45) is 0. The molecule has 7 heteroatoms. The molecular weight excluding hydrogens is 276 g/mol. The van der Waals surface area contributed by atoms with Gasteiger partial charge in [-0.25, -0.2) is 4.79 Å². The van der Waals surface area contributed by atoms with Gasteiger partial charge in [0.05, 0.1) is 19.2 Å². The number of rotatable bonds is 7. The van der Waals surface area contributed by atoms with Gasteiger partial charge in [0.15, 0.2) is 6.61 Å². The highest BCUT2D eigenvalue weighted by atomic mass is 16.5. The molecule has 1 aromatic carbocycles. The highest BCUT2D eigenvalue weighted by Crippen LogP contribution is 2.13. The average molecular weight is 294 g/mol. The van der Waals surface area contributed by atoms with Crippen molar-refractivity contribution in [2.75, 3.05) is 26.8 Å². The lowest BCUT2D eigenvalue weighted by atomic mass is 10.2. The summed E-state index contributed by atoms with van der Waals surface area (Å²) >= 11 is 0. The van der Waals surface area contributed by atoms with Gasteiger partial charge >= 0.3 is 5.97 Å². The van der Waals surface area contributed by atoms with Crippen molar-refractivity contribution in [1.82, 2.24) is 10.6 Å². The number of ether oxygens (including phenoxy) is 2. The number of nitrogens with one attached hydrogen (secondary N) is 2. The molecule has 2 amide bonds. The van der Waals surface area contributed by atoms with E-state index in [9.17, 15) is 14.4 Å². The first-order valence-electron chi connectivity index (χ1n) is 6.41. The van der Waals surface area contributed by atoms with Crippen molar-refractivity contribution >= 4 is 17.8 Å². The summed E-state index contributed by atoms with van der Waals surface area (Å²) in [5.41, 5.74) is 0.283. The van der Waals surface area contributed by atoms with Crippen molar-refractivity contribution in [3.63, 3.8) is 0 Å². The molecule has 7 nitrogen and oxygen atoms in total. The number of carbonyl (C=O) groups excluding carboxylic acids is 3. The van der Waals surface area contributed by atoms with Gasteiger partial charge in [-0.2, -0.15) is 0 Å². The van der Waals surface area contributed by atoms with Crippen molar-refractivity contribution in [3.8, 4) is 5.75 Å². The van der Waals surface area contributed by atoms with Crippen molar-refractivity contribution in [2.45, 2.75) is 6.92 Å². The molecule has 0 saturated carbocycles. The average Bonchev–Trinajstić information content (AvgIpc) is 2.50. The van der Waals surface area contributed by atoms with Crippen LogP contribution in [0, 0.1) is 0 Å². The second-order valence-corrected chi connectivity index (χ2v) is 4.04. The van der Waals surface area contributed by atoms with Crippen molar-refractivity contribution in [2.24, 2.45) is 0 Å². The van der Waals surface area contributed by atoms with E-state index in [-0.39, 0.29) is 18.0 Å². The summed E-state index contributed by atoms with van der Waals surface area (Å²) in [4.78, 5) is 34.3. The number of benzene rings is 1. The molecule has 0 fully saturated rings. The Morgan fingerprint density at radius 1 is 1.14 bits per heavy atom. The zero-order valence-electron chi connectivity index (χ0n) is 12.0. The lowest BCUT2D eigenvalue weighted by Crippen LogP contribution is -2.38. The highest BCUT2D eigenvalue weighted by Gasteiger charge is 2.11. The van der Waals surface area contributed by atoms with Crippen LogP contribution >= 0.6 is 0 Å². The molecule has 0 radical (unpaired) electrons. The Balaban J connectivity index is 2.38. The molecule has 21 heavy (non-hydrogen) atoms. The van der Waals surface area contributed by atoms with E-state index in [1.807, 2.05) is 0 Å². The van der Waals surface area contributed by atoms with Gasteiger partial charge in [-0.05, 0) is 25.1 Å². The van der Waals surface area contributed by atoms with Gasteiger partial charge in [0.25, 0.3) is 5.91 Å². The molecule has 0 heterocycles. The number of likely N-dealkylation sites (N-methyl/N-ethyl adjacent to an activating group) is 1. The molecule has 0 aliphatic rings. The Labute approximate surface area is 122 Å². The standard InChI is InChI=1S/C14H18N2O5/c1-3-15-12(17)8-16-13(18)9-21-14(19)10-5-4-6-11(7-10)20-2/h4-7H,3,8-9H2,1-2H3,(H,15,17)(H,16,18). The number of carbonyl (C=O) groups is 3. The normalized spacial score (nSPS) is 9.62. The smallest absolute Gasteiger partial charge is 0.338 e. The summed E-state index contributed by atoms with van der Waals surface area (Å²) in [5, 5.41) is 4.87. The van der Waals surface area contributed by atoms with E-state index in [1.165, 1.54) is 13.2 Å². The van der Waals surface area contributed by atoms with E-state index in [0.29, 0.717) is 12.3 Å². The molecule has 1 aromatic rings. The molecule has 0 saturated heterocycles. The van der Waals surface area contributed by atoms with Crippen molar-refractivity contribution in [3.05, 3.63) is 29.8 Å². The lowest BCUT2D eigenvalue weighted by Gasteiger charge is -2.07. The van der Waals surface area contributed by atoms with E-state index < -0.39 is 18.5 Å². The fourth-order valence-corrected chi connectivity index (χ4v) is 1.45. The maximum absolute atomic E-state index is 11.7. The van der Waals surface area contributed by atoms with Gasteiger partial charge in [0.1, 0.15) is 5.75 Å². The number of amides is 2.